The van der Waals surface area contributed by atoms with E-state index in [2.05, 4.69) is 52.0 Å². The summed E-state index contributed by atoms with van der Waals surface area (Å²) in [6, 6.07) is 18.9. The smallest absolute Gasteiger partial charge is 0.308 e. The molecule has 1 aliphatic rings. The minimum absolute atomic E-state index is 0.0620. The van der Waals surface area contributed by atoms with Crippen molar-refractivity contribution in [1.29, 1.82) is 0 Å². The number of unbranched alkanes of at least 4 members (excludes halogenated alkanes) is 1. The number of hydrogen-bond acceptors (Lipinski definition) is 7. The van der Waals surface area contributed by atoms with Gasteiger partial charge in [-0.15, -0.1) is 5.10 Å². The second-order valence-electron chi connectivity index (χ2n) is 11.6. The van der Waals surface area contributed by atoms with E-state index in [1.165, 1.54) is 4.90 Å². The Labute approximate surface area is 254 Å². The third kappa shape index (κ3) is 6.48. The van der Waals surface area contributed by atoms with Gasteiger partial charge in [0.2, 0.25) is 0 Å². The van der Waals surface area contributed by atoms with E-state index < -0.39 is 11.9 Å². The lowest BCUT2D eigenvalue weighted by Crippen LogP contribution is -2.34. The summed E-state index contributed by atoms with van der Waals surface area (Å²) in [5.74, 6) is -1.01. The zero-order chi connectivity index (χ0) is 31.4. The summed E-state index contributed by atoms with van der Waals surface area (Å²) < 4.78 is 0. The summed E-state index contributed by atoms with van der Waals surface area (Å²) in [7, 11) is 0. The van der Waals surface area contributed by atoms with Crippen molar-refractivity contribution in [2.24, 2.45) is 0 Å². The molecule has 3 aromatic carbocycles. The van der Waals surface area contributed by atoms with Crippen LogP contribution in [0.5, 0.6) is 0 Å². The third-order valence-corrected chi connectivity index (χ3v) is 7.37. The van der Waals surface area contributed by atoms with Gasteiger partial charge in [0.25, 0.3) is 23.7 Å². The number of aromatic nitrogens is 4. The minimum Gasteiger partial charge on any atom is -0.308 e. The second kappa shape index (κ2) is 12.5. The van der Waals surface area contributed by atoms with Crippen LogP contribution in [0.4, 0.5) is 22.1 Å². The van der Waals surface area contributed by atoms with Gasteiger partial charge in [-0.2, -0.15) is 5.21 Å². The van der Waals surface area contributed by atoms with Crippen LogP contribution in [0.25, 0.3) is 0 Å². The largest absolute Gasteiger partial charge is 0.326 e. The summed E-state index contributed by atoms with van der Waals surface area (Å²) in [6.45, 7) is 8.91. The molecular weight excluding hydrogens is 560 g/mol. The number of urea groups is 1. The molecule has 12 nitrogen and oxygen atoms in total. The van der Waals surface area contributed by atoms with Gasteiger partial charge in [0.1, 0.15) is 0 Å². The number of carbonyl (C=O) groups is 4. The number of rotatable bonds is 9. The van der Waals surface area contributed by atoms with Crippen molar-refractivity contribution in [2.75, 3.05) is 22.1 Å². The first-order valence-electron chi connectivity index (χ1n) is 14.4. The fourth-order valence-electron chi connectivity index (χ4n) is 4.83. The lowest BCUT2D eigenvalue weighted by atomic mass is 9.87. The second-order valence-corrected chi connectivity index (χ2v) is 11.6. The molecule has 1 aromatic heterocycles. The molecule has 0 saturated carbocycles. The molecule has 3 N–H and O–H groups in total. The number of H-pyrrole nitrogens is 1. The molecule has 0 unspecified atom stereocenters. The highest BCUT2D eigenvalue weighted by Gasteiger charge is 2.35. The van der Waals surface area contributed by atoms with Crippen molar-refractivity contribution in [3.05, 3.63) is 94.5 Å². The standard InChI is InChI=1S/C32H34N8O4/c1-5-6-17-39-28(42)25-16-13-23(18-26(25)29(39)43)33-31(44)40(24-14-11-22(12-15-24)32(2,3)4)19-20-7-9-21(10-8-20)27(41)34-30-35-37-38-36-30/h7-16,18H,5-6,17,19H2,1-4H3,(H,33,44)(H2,34,35,36,37,38,41). The van der Waals surface area contributed by atoms with Gasteiger partial charge in [0.05, 0.1) is 17.7 Å². The molecule has 1 aliphatic heterocycles. The quantitative estimate of drug-likeness (QED) is 0.220. The lowest BCUT2D eigenvalue weighted by molar-refractivity contribution is 0.0652. The fourth-order valence-corrected chi connectivity index (χ4v) is 4.83. The molecular formula is C32H34N8O4. The number of amides is 5. The Kier molecular flexibility index (Phi) is 8.52. The van der Waals surface area contributed by atoms with Gasteiger partial charge in [-0.1, -0.05) is 63.5 Å². The predicted octanol–water partition coefficient (Wildman–Crippen LogP) is 5.38. The highest BCUT2D eigenvalue weighted by Crippen LogP contribution is 2.29. The van der Waals surface area contributed by atoms with Gasteiger partial charge in [-0.05, 0) is 70.6 Å². The Morgan fingerprint density at radius 2 is 1.61 bits per heavy atom. The van der Waals surface area contributed by atoms with E-state index in [4.69, 9.17) is 0 Å². The Bertz CT molecular complexity index is 1680. The van der Waals surface area contributed by atoms with E-state index in [0.29, 0.717) is 29.0 Å². The zero-order valence-corrected chi connectivity index (χ0v) is 25.0. The van der Waals surface area contributed by atoms with Crippen LogP contribution in [0.1, 0.15) is 82.7 Å². The number of anilines is 3. The van der Waals surface area contributed by atoms with Crippen LogP contribution in [0, 0.1) is 0 Å². The predicted molar refractivity (Wildman–Crippen MR) is 166 cm³/mol. The summed E-state index contributed by atoms with van der Waals surface area (Å²) in [4.78, 5) is 54.9. The van der Waals surface area contributed by atoms with E-state index in [0.717, 1.165) is 24.0 Å². The molecule has 5 rings (SSSR count). The van der Waals surface area contributed by atoms with Gasteiger partial charge in [0, 0.05) is 23.5 Å². The van der Waals surface area contributed by atoms with Crippen molar-refractivity contribution < 1.29 is 19.2 Å². The van der Waals surface area contributed by atoms with E-state index in [1.54, 1.807) is 47.4 Å². The number of aromatic amines is 1. The third-order valence-electron chi connectivity index (χ3n) is 7.37. The summed E-state index contributed by atoms with van der Waals surface area (Å²) in [5, 5.41) is 18.6. The highest BCUT2D eigenvalue weighted by atomic mass is 16.2. The monoisotopic (exact) mass is 594 g/mol. The van der Waals surface area contributed by atoms with Gasteiger partial charge < -0.3 is 5.32 Å². The first kappa shape index (κ1) is 30.1. The normalized spacial score (nSPS) is 12.7. The Balaban J connectivity index is 1.37. The van der Waals surface area contributed by atoms with Crippen LogP contribution >= 0.6 is 0 Å². The van der Waals surface area contributed by atoms with Gasteiger partial charge in [0.15, 0.2) is 0 Å². The molecule has 12 heteroatoms. The van der Waals surface area contributed by atoms with Crippen LogP contribution in [-0.4, -0.2) is 55.8 Å². The molecule has 4 aromatic rings. The minimum atomic E-state index is -0.424. The topological polar surface area (TPSA) is 153 Å². The maximum Gasteiger partial charge on any atom is 0.326 e. The highest BCUT2D eigenvalue weighted by molar-refractivity contribution is 6.22. The van der Waals surface area contributed by atoms with Crippen molar-refractivity contribution in [1.82, 2.24) is 25.5 Å². The molecule has 226 valence electrons. The van der Waals surface area contributed by atoms with Crippen LogP contribution in [0.3, 0.4) is 0 Å². The molecule has 0 bridgehead atoms. The molecule has 0 aliphatic carbocycles. The maximum atomic E-state index is 13.8. The van der Waals surface area contributed by atoms with Crippen LogP contribution in [0.15, 0.2) is 66.7 Å². The number of fused-ring (bicyclic) bond motifs is 1. The van der Waals surface area contributed by atoms with Crippen LogP contribution in [-0.2, 0) is 12.0 Å². The van der Waals surface area contributed by atoms with E-state index in [-0.39, 0.29) is 35.3 Å². The van der Waals surface area contributed by atoms with Gasteiger partial charge in [-0.25, -0.2) is 4.79 Å². The first-order chi connectivity index (χ1) is 21.0. The average Bonchev–Trinajstić information content (AvgIpc) is 3.60. The molecule has 2 heterocycles. The summed E-state index contributed by atoms with van der Waals surface area (Å²) >= 11 is 0. The fraction of sp³-hybridized carbons (Fsp3) is 0.281. The van der Waals surface area contributed by atoms with Gasteiger partial charge >= 0.3 is 6.03 Å². The van der Waals surface area contributed by atoms with Crippen molar-refractivity contribution >= 4 is 41.1 Å². The van der Waals surface area contributed by atoms with Crippen LogP contribution in [0.2, 0.25) is 0 Å². The lowest BCUT2D eigenvalue weighted by Gasteiger charge is -2.25. The molecule has 0 spiro atoms. The number of hydrogen-bond donors (Lipinski definition) is 3. The summed E-state index contributed by atoms with van der Waals surface area (Å²) in [5.41, 5.74) is 3.88. The molecule has 0 radical (unpaired) electrons. The number of nitrogens with one attached hydrogen (secondary N) is 3. The number of benzene rings is 3. The Hall–Kier alpha value is -5.39. The van der Waals surface area contributed by atoms with Crippen molar-refractivity contribution in [3.8, 4) is 0 Å². The number of imide groups is 1. The van der Waals surface area contributed by atoms with E-state index in [1.807, 2.05) is 31.2 Å². The van der Waals surface area contributed by atoms with Crippen molar-refractivity contribution in [3.63, 3.8) is 0 Å². The Morgan fingerprint density at radius 1 is 0.909 bits per heavy atom. The zero-order valence-electron chi connectivity index (χ0n) is 25.0. The van der Waals surface area contributed by atoms with E-state index >= 15 is 0 Å². The molecule has 0 saturated heterocycles. The van der Waals surface area contributed by atoms with Crippen LogP contribution < -0.4 is 15.5 Å². The summed E-state index contributed by atoms with van der Waals surface area (Å²) in [6.07, 6.45) is 1.58. The first-order valence-corrected chi connectivity index (χ1v) is 14.4. The van der Waals surface area contributed by atoms with E-state index in [9.17, 15) is 19.2 Å². The number of carbonyl (C=O) groups excluding carboxylic acids is 4. The average molecular weight is 595 g/mol. The SMILES string of the molecule is CCCCN1C(=O)c2ccc(NC(=O)N(Cc3ccc(C(=O)Nc4nn[nH]n4)cc3)c3ccc(C(C)(C)C)cc3)cc2C1=O. The number of tetrazole rings is 1. The van der Waals surface area contributed by atoms with Crippen molar-refractivity contribution in [2.45, 2.75) is 52.5 Å². The number of nitrogens with zero attached hydrogens (tertiary/aromatic N) is 5. The maximum absolute atomic E-state index is 13.8. The Morgan fingerprint density at radius 3 is 2.25 bits per heavy atom. The molecule has 0 fully saturated rings. The molecule has 5 amide bonds. The van der Waals surface area contributed by atoms with Gasteiger partial charge in [-0.3, -0.25) is 29.5 Å². The molecule has 44 heavy (non-hydrogen) atoms. The molecule has 0 atom stereocenters.